The molecule has 0 N–H and O–H groups in total. The minimum atomic E-state index is -1.23. The van der Waals surface area contributed by atoms with Gasteiger partial charge in [-0.25, -0.2) is 14.0 Å². The Morgan fingerprint density at radius 2 is 1.50 bits per heavy atom. The fourth-order valence-electron chi connectivity index (χ4n) is 1.74. The first kappa shape index (κ1) is 21.8. The van der Waals surface area contributed by atoms with Crippen LogP contribution in [0.1, 0.15) is 41.5 Å². The average Bonchev–Trinajstić information content (AvgIpc) is 2.38. The first-order valence-electron chi connectivity index (χ1n) is 7.52. The lowest BCUT2D eigenvalue weighted by molar-refractivity contribution is -0.384. The zero-order valence-electron chi connectivity index (χ0n) is 15.3. The Hall–Kier alpha value is -2.23. The summed E-state index contributed by atoms with van der Waals surface area (Å²) in [5.74, 6) is -0.900. The number of carbonyl (C=O) groups excluding carboxylic acids is 2. The van der Waals surface area contributed by atoms with Crippen LogP contribution in [0, 0.1) is 15.9 Å². The molecule has 144 valence electrons. The van der Waals surface area contributed by atoms with Gasteiger partial charge in [0.05, 0.1) is 9.40 Å². The smallest absolute Gasteiger partial charge is 0.424 e. The van der Waals surface area contributed by atoms with Gasteiger partial charge >= 0.3 is 12.2 Å². The van der Waals surface area contributed by atoms with Crippen LogP contribution in [0.15, 0.2) is 16.6 Å². The number of rotatable bonds is 2. The summed E-state index contributed by atoms with van der Waals surface area (Å²) < 4.78 is 24.0. The number of carbonyl (C=O) groups is 2. The summed E-state index contributed by atoms with van der Waals surface area (Å²) in [6.07, 6.45) is -2.45. The predicted molar refractivity (Wildman–Crippen MR) is 95.7 cm³/mol. The Morgan fingerprint density at radius 1 is 1.08 bits per heavy atom. The molecule has 1 aromatic carbocycles. The molecule has 0 saturated carbocycles. The van der Waals surface area contributed by atoms with Crippen molar-refractivity contribution < 1.29 is 28.4 Å². The molecule has 0 spiro atoms. The second kappa shape index (κ2) is 7.56. The highest BCUT2D eigenvalue weighted by Gasteiger charge is 2.37. The zero-order valence-corrected chi connectivity index (χ0v) is 16.8. The first-order chi connectivity index (χ1) is 11.6. The minimum absolute atomic E-state index is 0.193. The topological polar surface area (TPSA) is 99.0 Å². The predicted octanol–water partition coefficient (Wildman–Crippen LogP) is 5.17. The molecule has 0 heterocycles. The number of halogens is 2. The number of anilines is 1. The number of nitro groups is 1. The van der Waals surface area contributed by atoms with Crippen LogP contribution in [0.25, 0.3) is 0 Å². The molecule has 0 atom stereocenters. The summed E-state index contributed by atoms with van der Waals surface area (Å²) in [5, 5.41) is 11.3. The van der Waals surface area contributed by atoms with Crippen molar-refractivity contribution >= 4 is 39.5 Å². The van der Waals surface area contributed by atoms with Gasteiger partial charge in [-0.15, -0.1) is 0 Å². The van der Waals surface area contributed by atoms with Gasteiger partial charge in [0.15, 0.2) is 0 Å². The summed E-state index contributed by atoms with van der Waals surface area (Å²) in [5.41, 5.74) is -3.27. The standard InChI is InChI=1S/C16H20BrFN2O6/c1-15(2,3)25-13(21)19(14(22)26-16(4,5)6)11-8-10(18)9(17)7-12(11)20(23)24/h7-8H,1-6H3. The number of hydrogen-bond acceptors (Lipinski definition) is 6. The largest absolute Gasteiger partial charge is 0.443 e. The molecule has 0 bridgehead atoms. The number of amides is 2. The fraction of sp³-hybridized carbons (Fsp3) is 0.500. The number of ether oxygens (including phenoxy) is 2. The Labute approximate surface area is 158 Å². The number of nitro benzene ring substituents is 1. The molecule has 0 unspecified atom stereocenters. The third kappa shape index (κ3) is 5.94. The number of hydrogen-bond donors (Lipinski definition) is 0. The molecule has 0 aromatic heterocycles. The van der Waals surface area contributed by atoms with Crippen molar-refractivity contribution in [2.24, 2.45) is 0 Å². The highest BCUT2D eigenvalue weighted by molar-refractivity contribution is 9.10. The molecular weight excluding hydrogens is 415 g/mol. The van der Waals surface area contributed by atoms with Gasteiger partial charge in [-0.2, -0.15) is 4.90 Å². The summed E-state index contributed by atoms with van der Waals surface area (Å²) in [7, 11) is 0. The van der Waals surface area contributed by atoms with Crippen LogP contribution in [-0.4, -0.2) is 28.3 Å². The third-order valence-electron chi connectivity index (χ3n) is 2.61. The SMILES string of the molecule is CC(C)(C)OC(=O)N(C(=O)OC(C)(C)C)c1cc(F)c(Br)cc1[N+](=O)[O-]. The molecule has 0 aliphatic heterocycles. The van der Waals surface area contributed by atoms with Gasteiger partial charge in [0, 0.05) is 12.1 Å². The Balaban J connectivity index is 3.55. The van der Waals surface area contributed by atoms with Crippen molar-refractivity contribution in [3.05, 3.63) is 32.5 Å². The van der Waals surface area contributed by atoms with Crippen LogP contribution in [-0.2, 0) is 9.47 Å². The summed E-state index contributed by atoms with van der Waals surface area (Å²) in [6.45, 7) is 9.30. The molecule has 1 rings (SSSR count). The molecule has 0 aliphatic carbocycles. The Kier molecular flexibility index (Phi) is 6.35. The van der Waals surface area contributed by atoms with E-state index >= 15 is 0 Å². The molecule has 0 saturated heterocycles. The van der Waals surface area contributed by atoms with Crippen LogP contribution < -0.4 is 4.90 Å². The maximum atomic E-state index is 14.0. The number of nitrogens with zero attached hydrogens (tertiary/aromatic N) is 2. The third-order valence-corrected chi connectivity index (χ3v) is 3.21. The van der Waals surface area contributed by atoms with Gasteiger partial charge in [-0.3, -0.25) is 10.1 Å². The van der Waals surface area contributed by atoms with Crippen molar-refractivity contribution in [2.75, 3.05) is 4.90 Å². The Bertz CT molecular complexity index is 711. The number of imide groups is 1. The Morgan fingerprint density at radius 3 is 1.85 bits per heavy atom. The lowest BCUT2D eigenvalue weighted by atomic mass is 10.2. The van der Waals surface area contributed by atoms with Crippen LogP contribution in [0.5, 0.6) is 0 Å². The summed E-state index contributed by atoms with van der Waals surface area (Å²) >= 11 is 2.84. The van der Waals surface area contributed by atoms with Gasteiger partial charge in [0.25, 0.3) is 5.69 Å². The molecular formula is C16H20BrFN2O6. The van der Waals surface area contributed by atoms with Crippen LogP contribution >= 0.6 is 15.9 Å². The van der Waals surface area contributed by atoms with E-state index < -0.39 is 45.5 Å². The van der Waals surface area contributed by atoms with Crippen molar-refractivity contribution in [1.29, 1.82) is 0 Å². The maximum Gasteiger partial charge on any atom is 0.424 e. The highest BCUT2D eigenvalue weighted by atomic mass is 79.9. The second-order valence-corrected chi connectivity index (χ2v) is 8.16. The summed E-state index contributed by atoms with van der Waals surface area (Å²) in [4.78, 5) is 35.8. The number of benzene rings is 1. The van der Waals surface area contributed by atoms with E-state index in [1.165, 1.54) is 0 Å². The molecule has 10 heteroatoms. The van der Waals surface area contributed by atoms with Crippen LogP contribution in [0.4, 0.5) is 25.4 Å². The van der Waals surface area contributed by atoms with E-state index in [1.54, 1.807) is 41.5 Å². The molecule has 0 radical (unpaired) electrons. The molecule has 26 heavy (non-hydrogen) atoms. The van der Waals surface area contributed by atoms with Crippen molar-refractivity contribution in [3.8, 4) is 0 Å². The molecule has 1 aromatic rings. The van der Waals surface area contributed by atoms with E-state index in [2.05, 4.69) is 15.9 Å². The van der Waals surface area contributed by atoms with E-state index in [-0.39, 0.29) is 4.47 Å². The lowest BCUT2D eigenvalue weighted by Crippen LogP contribution is -2.44. The molecule has 0 aliphatic rings. The van der Waals surface area contributed by atoms with Gasteiger partial charge < -0.3 is 9.47 Å². The van der Waals surface area contributed by atoms with Gasteiger partial charge in [0.2, 0.25) is 0 Å². The quantitative estimate of drug-likeness (QED) is 0.469. The normalized spacial score (nSPS) is 11.7. The highest BCUT2D eigenvalue weighted by Crippen LogP contribution is 2.35. The minimum Gasteiger partial charge on any atom is -0.443 e. The average molecular weight is 435 g/mol. The van der Waals surface area contributed by atoms with Crippen molar-refractivity contribution in [3.63, 3.8) is 0 Å². The second-order valence-electron chi connectivity index (χ2n) is 7.31. The first-order valence-corrected chi connectivity index (χ1v) is 8.31. The summed E-state index contributed by atoms with van der Waals surface area (Å²) in [6, 6.07) is 1.54. The van der Waals surface area contributed by atoms with Crippen LogP contribution in [0.2, 0.25) is 0 Å². The van der Waals surface area contributed by atoms with Crippen molar-refractivity contribution in [2.45, 2.75) is 52.7 Å². The fourth-order valence-corrected chi connectivity index (χ4v) is 2.07. The van der Waals surface area contributed by atoms with Gasteiger partial charge in [0.1, 0.15) is 22.7 Å². The van der Waals surface area contributed by atoms with Gasteiger partial charge in [-0.1, -0.05) is 0 Å². The maximum absolute atomic E-state index is 14.0. The van der Waals surface area contributed by atoms with Crippen molar-refractivity contribution in [1.82, 2.24) is 0 Å². The lowest BCUT2D eigenvalue weighted by Gasteiger charge is -2.28. The molecule has 0 fully saturated rings. The van der Waals surface area contributed by atoms with E-state index in [0.29, 0.717) is 11.0 Å². The van der Waals surface area contributed by atoms with Gasteiger partial charge in [-0.05, 0) is 57.5 Å². The van der Waals surface area contributed by atoms with Crippen LogP contribution in [0.3, 0.4) is 0 Å². The van der Waals surface area contributed by atoms with E-state index in [0.717, 1.165) is 6.07 Å². The van der Waals surface area contributed by atoms with E-state index in [9.17, 15) is 24.1 Å². The molecule has 8 nitrogen and oxygen atoms in total. The van der Waals surface area contributed by atoms with E-state index in [4.69, 9.17) is 9.47 Å². The zero-order chi connectivity index (χ0) is 20.4. The van der Waals surface area contributed by atoms with E-state index in [1.807, 2.05) is 0 Å². The molecule has 2 amide bonds. The monoisotopic (exact) mass is 434 g/mol.